The number of nitrogens with one attached hydrogen (secondary N) is 1. The van der Waals surface area contributed by atoms with Crippen LogP contribution in [0.15, 0.2) is 18.2 Å². The second kappa shape index (κ2) is 3.94. The van der Waals surface area contributed by atoms with E-state index in [0.29, 0.717) is 0 Å². The topological polar surface area (TPSA) is 38.3 Å². The highest BCUT2D eigenvalue weighted by Gasteiger charge is 2.32. The molecule has 0 bridgehead atoms. The summed E-state index contributed by atoms with van der Waals surface area (Å²) in [6.45, 7) is 1.80. The van der Waals surface area contributed by atoms with Crippen LogP contribution in [0.25, 0.3) is 0 Å². The number of amides is 1. The summed E-state index contributed by atoms with van der Waals surface area (Å²) in [5.41, 5.74) is -0.746. The first-order valence-corrected chi connectivity index (χ1v) is 5.03. The first-order chi connectivity index (χ1) is 7.88. The smallest absolute Gasteiger partial charge is 0.416 e. The fourth-order valence-corrected chi connectivity index (χ4v) is 1.48. The summed E-state index contributed by atoms with van der Waals surface area (Å²) in [5.74, 6) is -0.476. The molecule has 1 aliphatic heterocycles. The standard InChI is InChI=1S/C11H10F3NO2/c1-6-5-17-9-3-2-7(11(12,13)14)4-8(9)15-10(6)16/h2-4,6H,5H2,1H3,(H,15,16). The van der Waals surface area contributed by atoms with E-state index in [4.69, 9.17) is 4.74 Å². The molecule has 0 radical (unpaired) electrons. The molecular formula is C11H10F3NO2. The van der Waals surface area contributed by atoms with Gasteiger partial charge in [-0.15, -0.1) is 0 Å². The van der Waals surface area contributed by atoms with Crippen LogP contribution in [-0.2, 0) is 11.0 Å². The van der Waals surface area contributed by atoms with E-state index in [1.165, 1.54) is 6.07 Å². The predicted octanol–water partition coefficient (Wildman–Crippen LogP) is 2.67. The van der Waals surface area contributed by atoms with Crippen molar-refractivity contribution in [3.63, 3.8) is 0 Å². The van der Waals surface area contributed by atoms with Crippen molar-refractivity contribution < 1.29 is 22.7 Å². The fourth-order valence-electron chi connectivity index (χ4n) is 1.48. The average Bonchev–Trinajstić information content (AvgIpc) is 2.37. The Balaban J connectivity index is 2.39. The lowest BCUT2D eigenvalue weighted by atomic mass is 10.1. The van der Waals surface area contributed by atoms with Crippen LogP contribution in [0.3, 0.4) is 0 Å². The van der Waals surface area contributed by atoms with Gasteiger partial charge in [0.2, 0.25) is 5.91 Å². The highest BCUT2D eigenvalue weighted by atomic mass is 19.4. The molecule has 0 fully saturated rings. The third-order valence-corrected chi connectivity index (χ3v) is 2.50. The molecule has 92 valence electrons. The van der Waals surface area contributed by atoms with E-state index >= 15 is 0 Å². The summed E-state index contributed by atoms with van der Waals surface area (Å²) in [6, 6.07) is 3.03. The van der Waals surface area contributed by atoms with Crippen LogP contribution in [0.4, 0.5) is 18.9 Å². The number of alkyl halides is 3. The van der Waals surface area contributed by atoms with E-state index in [9.17, 15) is 18.0 Å². The van der Waals surface area contributed by atoms with Gasteiger partial charge in [0, 0.05) is 0 Å². The summed E-state index contributed by atoms with van der Waals surface area (Å²) < 4.78 is 42.7. The van der Waals surface area contributed by atoms with Gasteiger partial charge in [-0.05, 0) is 18.2 Å². The van der Waals surface area contributed by atoms with Crippen LogP contribution in [0.5, 0.6) is 5.75 Å². The van der Waals surface area contributed by atoms with E-state index in [1.54, 1.807) is 6.92 Å². The number of ether oxygens (including phenoxy) is 1. The van der Waals surface area contributed by atoms with Crippen LogP contribution < -0.4 is 10.1 Å². The normalized spacial score (nSPS) is 20.0. The van der Waals surface area contributed by atoms with Crippen molar-refractivity contribution in [2.45, 2.75) is 13.1 Å². The van der Waals surface area contributed by atoms with E-state index < -0.39 is 17.7 Å². The van der Waals surface area contributed by atoms with Gasteiger partial charge >= 0.3 is 6.18 Å². The lowest BCUT2D eigenvalue weighted by molar-refractivity contribution is -0.137. The van der Waals surface area contributed by atoms with Crippen LogP contribution in [-0.4, -0.2) is 12.5 Å². The minimum Gasteiger partial charge on any atom is -0.491 e. The lowest BCUT2D eigenvalue weighted by Crippen LogP contribution is -2.22. The van der Waals surface area contributed by atoms with Crippen molar-refractivity contribution in [2.24, 2.45) is 5.92 Å². The Kier molecular flexibility index (Phi) is 2.73. The quantitative estimate of drug-likeness (QED) is 0.763. The molecule has 1 unspecified atom stereocenters. The van der Waals surface area contributed by atoms with Gasteiger partial charge in [0.25, 0.3) is 0 Å². The zero-order valence-corrected chi connectivity index (χ0v) is 8.97. The molecule has 0 spiro atoms. The van der Waals surface area contributed by atoms with Crippen molar-refractivity contribution in [3.05, 3.63) is 23.8 Å². The van der Waals surface area contributed by atoms with Gasteiger partial charge in [0.15, 0.2) is 0 Å². The lowest BCUT2D eigenvalue weighted by Gasteiger charge is -2.11. The van der Waals surface area contributed by atoms with Crippen molar-refractivity contribution >= 4 is 11.6 Å². The highest BCUT2D eigenvalue weighted by Crippen LogP contribution is 2.36. The molecular weight excluding hydrogens is 235 g/mol. The Morgan fingerprint density at radius 1 is 1.41 bits per heavy atom. The molecule has 3 nitrogen and oxygen atoms in total. The Morgan fingerprint density at radius 3 is 2.76 bits per heavy atom. The zero-order valence-electron chi connectivity index (χ0n) is 8.97. The maximum atomic E-state index is 12.5. The Hall–Kier alpha value is -1.72. The van der Waals surface area contributed by atoms with Crippen molar-refractivity contribution in [1.82, 2.24) is 0 Å². The number of halogens is 3. The van der Waals surface area contributed by atoms with Gasteiger partial charge in [0.1, 0.15) is 5.75 Å². The van der Waals surface area contributed by atoms with Gasteiger partial charge in [0.05, 0.1) is 23.8 Å². The molecule has 1 amide bonds. The Labute approximate surface area is 95.6 Å². The fraction of sp³-hybridized carbons (Fsp3) is 0.364. The number of hydrogen-bond acceptors (Lipinski definition) is 2. The van der Waals surface area contributed by atoms with Gasteiger partial charge < -0.3 is 10.1 Å². The van der Waals surface area contributed by atoms with Crippen molar-refractivity contribution in [2.75, 3.05) is 11.9 Å². The van der Waals surface area contributed by atoms with Crippen LogP contribution in [0.2, 0.25) is 0 Å². The minimum absolute atomic E-state index is 0.0641. The molecule has 1 aromatic rings. The van der Waals surface area contributed by atoms with Gasteiger partial charge in [-0.1, -0.05) is 6.92 Å². The summed E-state index contributed by atoms with van der Waals surface area (Å²) >= 11 is 0. The number of anilines is 1. The Morgan fingerprint density at radius 2 is 2.12 bits per heavy atom. The van der Waals surface area contributed by atoms with Crippen molar-refractivity contribution in [3.8, 4) is 5.75 Å². The molecule has 0 saturated heterocycles. The van der Waals surface area contributed by atoms with Crippen LogP contribution in [0.1, 0.15) is 12.5 Å². The van der Waals surface area contributed by atoms with E-state index in [2.05, 4.69) is 5.32 Å². The minimum atomic E-state index is -4.43. The van der Waals surface area contributed by atoms with E-state index in [1.807, 2.05) is 0 Å². The summed E-state index contributed by atoms with van der Waals surface area (Å²) in [4.78, 5) is 11.5. The molecule has 0 aromatic heterocycles. The average molecular weight is 245 g/mol. The molecule has 1 atom stereocenters. The van der Waals surface area contributed by atoms with Gasteiger partial charge in [-0.25, -0.2) is 0 Å². The highest BCUT2D eigenvalue weighted by molar-refractivity contribution is 5.94. The summed E-state index contributed by atoms with van der Waals surface area (Å²) in [5, 5.41) is 2.42. The summed E-state index contributed by atoms with van der Waals surface area (Å²) in [6.07, 6.45) is -4.43. The second-order valence-corrected chi connectivity index (χ2v) is 3.91. The number of hydrogen-bond donors (Lipinski definition) is 1. The number of carbonyl (C=O) groups is 1. The third-order valence-electron chi connectivity index (χ3n) is 2.50. The number of benzene rings is 1. The SMILES string of the molecule is CC1COc2ccc(C(F)(F)F)cc2NC1=O. The number of fused-ring (bicyclic) bond motifs is 1. The molecule has 1 heterocycles. The third kappa shape index (κ3) is 2.35. The maximum Gasteiger partial charge on any atom is 0.416 e. The zero-order chi connectivity index (χ0) is 12.6. The molecule has 1 aromatic carbocycles. The molecule has 1 aliphatic rings. The Bertz CT molecular complexity index is 457. The van der Waals surface area contributed by atoms with Crippen LogP contribution >= 0.6 is 0 Å². The molecule has 17 heavy (non-hydrogen) atoms. The predicted molar refractivity (Wildman–Crippen MR) is 54.7 cm³/mol. The van der Waals surface area contributed by atoms with Crippen LogP contribution in [0, 0.1) is 5.92 Å². The van der Waals surface area contributed by atoms with Gasteiger partial charge in [-0.3, -0.25) is 4.79 Å². The first-order valence-electron chi connectivity index (χ1n) is 5.03. The monoisotopic (exact) mass is 245 g/mol. The molecule has 1 N–H and O–H groups in total. The molecule has 2 rings (SSSR count). The number of rotatable bonds is 0. The second-order valence-electron chi connectivity index (χ2n) is 3.91. The molecule has 6 heteroatoms. The molecule has 0 aliphatic carbocycles. The summed E-state index contributed by atoms with van der Waals surface area (Å²) in [7, 11) is 0. The molecule has 0 saturated carbocycles. The largest absolute Gasteiger partial charge is 0.491 e. The van der Waals surface area contributed by atoms with Gasteiger partial charge in [-0.2, -0.15) is 13.2 Å². The van der Waals surface area contributed by atoms with E-state index in [0.717, 1.165) is 12.1 Å². The number of carbonyl (C=O) groups excluding carboxylic acids is 1. The van der Waals surface area contributed by atoms with Crippen molar-refractivity contribution in [1.29, 1.82) is 0 Å². The first kappa shape index (κ1) is 11.8. The maximum absolute atomic E-state index is 12.5. The van der Waals surface area contributed by atoms with E-state index in [-0.39, 0.29) is 24.0 Å².